The molecule has 0 aliphatic heterocycles. The Bertz CT molecular complexity index is 182. The van der Waals surface area contributed by atoms with Crippen molar-refractivity contribution in [2.45, 2.75) is 58.9 Å². The molecule has 0 aliphatic carbocycles. The first-order chi connectivity index (χ1) is 7.03. The molecule has 3 heteroatoms. The van der Waals surface area contributed by atoms with Crippen LogP contribution in [0.25, 0.3) is 0 Å². The van der Waals surface area contributed by atoms with Gasteiger partial charge in [0.15, 0.2) is 0 Å². The van der Waals surface area contributed by atoms with Crippen molar-refractivity contribution in [2.24, 2.45) is 5.92 Å². The Morgan fingerprint density at radius 1 is 1.33 bits per heavy atom. The van der Waals surface area contributed by atoms with Crippen LogP contribution in [0.3, 0.4) is 0 Å². The van der Waals surface area contributed by atoms with E-state index in [9.17, 15) is 4.79 Å². The number of alkyl halides is 1. The van der Waals surface area contributed by atoms with Crippen LogP contribution >= 0.6 is 15.9 Å². The second-order valence-corrected chi connectivity index (χ2v) is 4.95. The van der Waals surface area contributed by atoms with Crippen LogP contribution in [0.4, 0.5) is 0 Å². The minimum atomic E-state index is -0.0510. The van der Waals surface area contributed by atoms with E-state index in [-0.39, 0.29) is 11.4 Å². The summed E-state index contributed by atoms with van der Waals surface area (Å²) in [7, 11) is 0. The van der Waals surface area contributed by atoms with E-state index in [4.69, 9.17) is 0 Å². The summed E-state index contributed by atoms with van der Waals surface area (Å²) in [6, 6.07) is 0. The smallest absolute Gasteiger partial charge is 0.220 e. The maximum atomic E-state index is 11.8. The number of nitrogens with one attached hydrogen (secondary N) is 1. The zero-order chi connectivity index (χ0) is 11.9. The van der Waals surface area contributed by atoms with E-state index in [0.717, 1.165) is 24.6 Å². The average Bonchev–Trinajstić information content (AvgIpc) is 2.26. The molecular weight excluding hydrogens is 254 g/mol. The van der Waals surface area contributed by atoms with Gasteiger partial charge in [-0.25, -0.2) is 0 Å². The highest BCUT2D eigenvalue weighted by Crippen LogP contribution is 2.19. The van der Waals surface area contributed by atoms with Gasteiger partial charge >= 0.3 is 0 Å². The van der Waals surface area contributed by atoms with Crippen molar-refractivity contribution in [3.63, 3.8) is 0 Å². The Balaban J connectivity index is 4.23. The third kappa shape index (κ3) is 5.01. The predicted molar refractivity (Wildman–Crippen MR) is 69.3 cm³/mol. The minimum Gasteiger partial charge on any atom is -0.350 e. The summed E-state index contributed by atoms with van der Waals surface area (Å²) in [5.74, 6) is 0.666. The standard InChI is InChI=1S/C12H24BrNO/c1-5-10(4)8-11(15)14-12(6-2,7-3)9-13/h10H,5-9H2,1-4H3,(H,14,15). The number of amides is 1. The van der Waals surface area contributed by atoms with Gasteiger partial charge in [-0.05, 0) is 18.8 Å². The predicted octanol–water partition coefficient (Wildman–Crippen LogP) is 3.49. The Morgan fingerprint density at radius 2 is 1.87 bits per heavy atom. The van der Waals surface area contributed by atoms with Crippen LogP contribution in [0, 0.1) is 5.92 Å². The number of carbonyl (C=O) groups excluding carboxylic acids is 1. The van der Waals surface area contributed by atoms with Crippen LogP contribution in [0.1, 0.15) is 53.4 Å². The Hall–Kier alpha value is -0.0500. The fourth-order valence-electron chi connectivity index (χ4n) is 1.46. The second kappa shape index (κ2) is 7.26. The topological polar surface area (TPSA) is 29.1 Å². The van der Waals surface area contributed by atoms with Crippen LogP contribution in [0.5, 0.6) is 0 Å². The van der Waals surface area contributed by atoms with Gasteiger partial charge in [-0.1, -0.05) is 50.0 Å². The first kappa shape index (κ1) is 14.9. The molecule has 0 radical (unpaired) electrons. The largest absolute Gasteiger partial charge is 0.350 e. The zero-order valence-electron chi connectivity index (χ0n) is 10.4. The summed E-state index contributed by atoms with van der Waals surface area (Å²) >= 11 is 3.49. The van der Waals surface area contributed by atoms with Crippen molar-refractivity contribution in [3.05, 3.63) is 0 Å². The Kier molecular flexibility index (Phi) is 7.24. The molecule has 1 amide bonds. The highest BCUT2D eigenvalue weighted by molar-refractivity contribution is 9.09. The van der Waals surface area contributed by atoms with E-state index < -0.39 is 0 Å². The summed E-state index contributed by atoms with van der Waals surface area (Å²) in [6.45, 7) is 8.48. The van der Waals surface area contributed by atoms with E-state index >= 15 is 0 Å². The Labute approximate surface area is 102 Å². The van der Waals surface area contributed by atoms with Gasteiger partial charge in [-0.3, -0.25) is 4.79 Å². The van der Waals surface area contributed by atoms with E-state index in [2.05, 4.69) is 48.9 Å². The number of halogens is 1. The van der Waals surface area contributed by atoms with Gasteiger partial charge in [0.25, 0.3) is 0 Å². The lowest BCUT2D eigenvalue weighted by Crippen LogP contribution is -2.49. The fraction of sp³-hybridized carbons (Fsp3) is 0.917. The second-order valence-electron chi connectivity index (χ2n) is 4.39. The van der Waals surface area contributed by atoms with Crippen molar-refractivity contribution in [1.29, 1.82) is 0 Å². The third-order valence-corrected chi connectivity index (χ3v) is 4.32. The van der Waals surface area contributed by atoms with Crippen molar-refractivity contribution in [1.82, 2.24) is 5.32 Å². The average molecular weight is 278 g/mol. The van der Waals surface area contributed by atoms with Crippen molar-refractivity contribution < 1.29 is 4.79 Å². The molecule has 0 aromatic carbocycles. The van der Waals surface area contributed by atoms with Crippen molar-refractivity contribution >= 4 is 21.8 Å². The van der Waals surface area contributed by atoms with Crippen molar-refractivity contribution in [3.8, 4) is 0 Å². The van der Waals surface area contributed by atoms with E-state index in [0.29, 0.717) is 12.3 Å². The molecule has 1 unspecified atom stereocenters. The monoisotopic (exact) mass is 277 g/mol. The molecule has 1 N–H and O–H groups in total. The zero-order valence-corrected chi connectivity index (χ0v) is 12.0. The van der Waals surface area contributed by atoms with Gasteiger partial charge in [-0.2, -0.15) is 0 Å². The molecule has 0 bridgehead atoms. The SMILES string of the molecule is CCC(C)CC(=O)NC(CC)(CC)CBr. The molecule has 1 atom stereocenters. The number of carbonyl (C=O) groups is 1. The third-order valence-electron chi connectivity index (χ3n) is 3.24. The molecule has 0 saturated carbocycles. The van der Waals surface area contributed by atoms with E-state index in [1.807, 2.05) is 0 Å². The number of hydrogen-bond acceptors (Lipinski definition) is 1. The first-order valence-corrected chi connectivity index (χ1v) is 7.02. The molecule has 0 fully saturated rings. The van der Waals surface area contributed by atoms with Crippen LogP contribution in [-0.2, 0) is 4.79 Å². The molecule has 0 aromatic rings. The summed E-state index contributed by atoms with van der Waals surface area (Å²) in [6.07, 6.45) is 3.65. The quantitative estimate of drug-likeness (QED) is 0.710. The van der Waals surface area contributed by atoms with Crippen LogP contribution in [-0.4, -0.2) is 16.8 Å². The molecule has 15 heavy (non-hydrogen) atoms. The molecule has 0 aliphatic rings. The molecule has 0 aromatic heterocycles. The van der Waals surface area contributed by atoms with Gasteiger partial charge < -0.3 is 5.32 Å². The van der Waals surface area contributed by atoms with Crippen LogP contribution in [0.15, 0.2) is 0 Å². The van der Waals surface area contributed by atoms with Crippen LogP contribution < -0.4 is 5.32 Å². The molecule has 0 spiro atoms. The summed E-state index contributed by atoms with van der Waals surface area (Å²) in [5.41, 5.74) is -0.0510. The first-order valence-electron chi connectivity index (χ1n) is 5.90. The summed E-state index contributed by atoms with van der Waals surface area (Å²) in [5, 5.41) is 3.99. The van der Waals surface area contributed by atoms with Gasteiger partial charge in [0.1, 0.15) is 0 Å². The van der Waals surface area contributed by atoms with Crippen LogP contribution in [0.2, 0.25) is 0 Å². The summed E-state index contributed by atoms with van der Waals surface area (Å²) in [4.78, 5) is 11.8. The van der Waals surface area contributed by atoms with E-state index in [1.165, 1.54) is 0 Å². The Morgan fingerprint density at radius 3 is 2.20 bits per heavy atom. The molecular formula is C12H24BrNO. The van der Waals surface area contributed by atoms with Gasteiger partial charge in [-0.15, -0.1) is 0 Å². The van der Waals surface area contributed by atoms with Gasteiger partial charge in [0.2, 0.25) is 5.91 Å². The normalized spacial score (nSPS) is 13.7. The molecule has 2 nitrogen and oxygen atoms in total. The molecule has 0 heterocycles. The number of hydrogen-bond donors (Lipinski definition) is 1. The number of rotatable bonds is 7. The highest BCUT2D eigenvalue weighted by Gasteiger charge is 2.26. The fourth-order valence-corrected chi connectivity index (χ4v) is 2.39. The van der Waals surface area contributed by atoms with Gasteiger partial charge in [0.05, 0.1) is 0 Å². The lowest BCUT2D eigenvalue weighted by atomic mass is 9.94. The lowest BCUT2D eigenvalue weighted by Gasteiger charge is -2.31. The molecule has 90 valence electrons. The highest BCUT2D eigenvalue weighted by atomic mass is 79.9. The van der Waals surface area contributed by atoms with E-state index in [1.54, 1.807) is 0 Å². The maximum Gasteiger partial charge on any atom is 0.220 e. The van der Waals surface area contributed by atoms with Gasteiger partial charge in [0, 0.05) is 17.3 Å². The molecule has 0 saturated heterocycles. The lowest BCUT2D eigenvalue weighted by molar-refractivity contribution is -0.123. The van der Waals surface area contributed by atoms with Crippen molar-refractivity contribution in [2.75, 3.05) is 5.33 Å². The maximum absolute atomic E-state index is 11.8. The summed E-state index contributed by atoms with van der Waals surface area (Å²) < 4.78 is 0. The minimum absolute atomic E-state index is 0.0510. The molecule has 0 rings (SSSR count).